The van der Waals surface area contributed by atoms with Gasteiger partial charge in [-0.15, -0.1) is 0 Å². The summed E-state index contributed by atoms with van der Waals surface area (Å²) in [6, 6.07) is 12.9. The monoisotopic (exact) mass is 602 g/mol. The van der Waals surface area contributed by atoms with Crippen molar-refractivity contribution in [2.75, 3.05) is 0 Å². The first kappa shape index (κ1) is 28.3. The Bertz CT molecular complexity index is 1190. The number of fused-ring (bicyclic) bond motifs is 3. The molecule has 0 bridgehead atoms. The largest absolute Gasteiger partial charge is 1.00 e. The van der Waals surface area contributed by atoms with E-state index in [4.69, 9.17) is 0 Å². The van der Waals surface area contributed by atoms with Crippen molar-refractivity contribution >= 4 is 33.0 Å². The molecule has 0 nitrogen and oxygen atoms in total. The minimum atomic E-state index is -2.02. The van der Waals surface area contributed by atoms with E-state index in [1.807, 2.05) is 9.76 Å². The molecule has 5 heteroatoms. The summed E-state index contributed by atoms with van der Waals surface area (Å²) in [7, 11) is -2.73. The molecule has 0 unspecified atom stereocenters. The third-order valence-corrected chi connectivity index (χ3v) is 19.6. The molecule has 0 aliphatic heterocycles. The maximum atomic E-state index is 2.75. The maximum absolute atomic E-state index is 2.75. The summed E-state index contributed by atoms with van der Waals surface area (Å²) >= 11 is -2.02. The SMILES string of the molecule is C[Si](C)(C)c1ccc2c(c1)-c1cc([Si](C)(C)C)c[c]([Zr+2]([C]3=CC=CC3)=[C]3CCCC3)c1C2.[Cl-].[Cl-]. The molecule has 5 rings (SSSR count). The van der Waals surface area contributed by atoms with Crippen molar-refractivity contribution in [2.45, 2.75) is 77.8 Å². The second-order valence-electron chi connectivity index (χ2n) is 12.1. The van der Waals surface area contributed by atoms with E-state index in [-0.39, 0.29) is 24.8 Å². The normalized spacial score (nSPS) is 16.3. The van der Waals surface area contributed by atoms with Crippen LogP contribution in [0.5, 0.6) is 0 Å². The predicted octanol–water partition coefficient (Wildman–Crippen LogP) is 0.190. The van der Waals surface area contributed by atoms with E-state index >= 15 is 0 Å². The molecular weight excluding hydrogens is 567 g/mol. The van der Waals surface area contributed by atoms with Crippen LogP contribution in [0.4, 0.5) is 0 Å². The van der Waals surface area contributed by atoms with Gasteiger partial charge in [0, 0.05) is 0 Å². The number of halogens is 2. The molecule has 0 amide bonds. The summed E-state index contributed by atoms with van der Waals surface area (Å²) in [5.41, 5.74) is 6.47. The summed E-state index contributed by atoms with van der Waals surface area (Å²) in [4.78, 5) is 0. The first-order valence-corrected chi connectivity index (χ1v) is 23.2. The number of hydrogen-bond donors (Lipinski definition) is 0. The van der Waals surface area contributed by atoms with E-state index in [2.05, 4.69) is 87.8 Å². The maximum Gasteiger partial charge on any atom is -1.00 e. The Balaban J connectivity index is 0.00000162. The van der Waals surface area contributed by atoms with E-state index in [1.54, 1.807) is 32.6 Å². The Labute approximate surface area is 229 Å². The van der Waals surface area contributed by atoms with Gasteiger partial charge in [-0.05, 0) is 0 Å². The number of hydrogen-bond acceptors (Lipinski definition) is 0. The third-order valence-electron chi connectivity index (χ3n) is 7.67. The second kappa shape index (κ2) is 10.6. The smallest absolute Gasteiger partial charge is 1.00 e. The Morgan fingerprint density at radius 3 is 2.00 bits per heavy atom. The van der Waals surface area contributed by atoms with Gasteiger partial charge in [0.2, 0.25) is 0 Å². The Kier molecular flexibility index (Phi) is 8.80. The van der Waals surface area contributed by atoms with Crippen LogP contribution in [0.25, 0.3) is 11.1 Å². The molecule has 1 fully saturated rings. The standard InChI is InChI=1S/C19H25Si2.C5H8.C5H5.2ClH.Zr/c1-20(2,3)16-9-7-14-11-15-8-10-17(21(4,5)6)13-19(15)18(14)12-16;2*1-2-4-5-3-1;;;/h7,9-10,12-13H,11H2,1-6H3;1-4H2;1-3H,4H2;2*1H;/q;;;;;+2/p-2. The van der Waals surface area contributed by atoms with Gasteiger partial charge >= 0.3 is 206 Å². The van der Waals surface area contributed by atoms with Gasteiger partial charge in [-0.2, -0.15) is 0 Å². The number of benzene rings is 2. The third kappa shape index (κ3) is 5.35. The molecule has 0 saturated heterocycles. The van der Waals surface area contributed by atoms with E-state index in [0.29, 0.717) is 0 Å². The van der Waals surface area contributed by atoms with Crippen molar-refractivity contribution < 1.29 is 46.1 Å². The molecule has 0 spiro atoms. The topological polar surface area (TPSA) is 0 Å². The van der Waals surface area contributed by atoms with E-state index < -0.39 is 37.4 Å². The van der Waals surface area contributed by atoms with E-state index in [9.17, 15) is 0 Å². The molecule has 2 aromatic rings. The summed E-state index contributed by atoms with van der Waals surface area (Å²) in [6.45, 7) is 15.1. The van der Waals surface area contributed by atoms with Crippen LogP contribution in [0.1, 0.15) is 43.2 Å². The average molecular weight is 605 g/mol. The molecule has 0 atom stereocenters. The van der Waals surface area contributed by atoms with Gasteiger partial charge in [-0.1, -0.05) is 0 Å². The van der Waals surface area contributed by atoms with Crippen LogP contribution in [-0.4, -0.2) is 19.4 Å². The fraction of sp³-hybridized carbons (Fsp3) is 0.414. The summed E-state index contributed by atoms with van der Waals surface area (Å²) < 4.78 is 5.67. The van der Waals surface area contributed by atoms with Crippen molar-refractivity contribution in [2.24, 2.45) is 0 Å². The molecule has 180 valence electrons. The summed E-state index contributed by atoms with van der Waals surface area (Å²) in [6.07, 6.45) is 15.3. The molecule has 0 heterocycles. The van der Waals surface area contributed by atoms with Gasteiger partial charge < -0.3 is 24.8 Å². The van der Waals surface area contributed by atoms with Crippen LogP contribution in [-0.2, 0) is 27.7 Å². The zero-order valence-corrected chi connectivity index (χ0v) is 27.6. The van der Waals surface area contributed by atoms with Crippen molar-refractivity contribution in [3.63, 3.8) is 0 Å². The van der Waals surface area contributed by atoms with Crippen LogP contribution in [0.2, 0.25) is 39.3 Å². The molecular formula is C29H38Cl2Si2Zr. The predicted molar refractivity (Wildman–Crippen MR) is 146 cm³/mol. The van der Waals surface area contributed by atoms with Crippen LogP contribution in [0, 0.1) is 0 Å². The number of rotatable bonds is 4. The van der Waals surface area contributed by atoms with Crippen molar-refractivity contribution in [1.29, 1.82) is 0 Å². The first-order chi connectivity index (χ1) is 15.1. The molecule has 3 aliphatic rings. The number of allylic oxidation sites excluding steroid dienone is 4. The van der Waals surface area contributed by atoms with Crippen molar-refractivity contribution in [3.8, 4) is 11.1 Å². The average Bonchev–Trinajstić information content (AvgIpc) is 3.48. The quantitative estimate of drug-likeness (QED) is 0.374. The van der Waals surface area contributed by atoms with Crippen LogP contribution >= 0.6 is 0 Å². The zero-order valence-electron chi connectivity index (χ0n) is 21.6. The Morgan fingerprint density at radius 1 is 0.765 bits per heavy atom. The van der Waals surface area contributed by atoms with Crippen LogP contribution in [0.15, 0.2) is 51.8 Å². The Hall–Kier alpha value is -0.313. The van der Waals surface area contributed by atoms with Crippen molar-refractivity contribution in [3.05, 3.63) is 63.0 Å². The molecule has 0 aromatic heterocycles. The Morgan fingerprint density at radius 2 is 1.41 bits per heavy atom. The van der Waals surface area contributed by atoms with Gasteiger partial charge in [0.05, 0.1) is 0 Å². The molecule has 0 radical (unpaired) electrons. The summed E-state index contributed by atoms with van der Waals surface area (Å²) in [5, 5.41) is 3.29. The second-order valence-corrected chi connectivity index (χ2v) is 28.7. The van der Waals surface area contributed by atoms with Gasteiger partial charge in [-0.25, -0.2) is 0 Å². The van der Waals surface area contributed by atoms with Gasteiger partial charge in [0.1, 0.15) is 0 Å². The fourth-order valence-electron chi connectivity index (χ4n) is 5.67. The molecule has 2 aromatic carbocycles. The van der Waals surface area contributed by atoms with Crippen LogP contribution < -0.4 is 38.5 Å². The molecule has 34 heavy (non-hydrogen) atoms. The van der Waals surface area contributed by atoms with Crippen LogP contribution in [0.3, 0.4) is 0 Å². The molecule has 3 aliphatic carbocycles. The van der Waals surface area contributed by atoms with Gasteiger partial charge in [0.15, 0.2) is 0 Å². The molecule has 0 N–H and O–H groups in total. The van der Waals surface area contributed by atoms with Crippen molar-refractivity contribution in [1.82, 2.24) is 0 Å². The minimum absolute atomic E-state index is 0. The van der Waals surface area contributed by atoms with E-state index in [0.717, 1.165) is 6.42 Å². The van der Waals surface area contributed by atoms with Gasteiger partial charge in [-0.3, -0.25) is 0 Å². The molecule has 1 saturated carbocycles. The minimum Gasteiger partial charge on any atom is -1.00 e. The summed E-state index contributed by atoms with van der Waals surface area (Å²) in [5.74, 6) is 0. The zero-order chi connectivity index (χ0) is 22.7. The van der Waals surface area contributed by atoms with E-state index in [1.165, 1.54) is 32.1 Å². The van der Waals surface area contributed by atoms with Gasteiger partial charge in [0.25, 0.3) is 0 Å². The first-order valence-electron chi connectivity index (χ1n) is 12.5. The fourth-order valence-corrected chi connectivity index (χ4v) is 16.8.